The molecule has 0 aromatic carbocycles. The van der Waals surface area contributed by atoms with Crippen LogP contribution in [0.2, 0.25) is 0 Å². The third-order valence-corrected chi connectivity index (χ3v) is 9.27. The maximum atomic E-state index is 12.4. The number of carbonyl (C=O) groups is 2. The van der Waals surface area contributed by atoms with Crippen molar-refractivity contribution in [3.8, 4) is 0 Å². The van der Waals surface area contributed by atoms with Gasteiger partial charge < -0.3 is 10.1 Å². The van der Waals surface area contributed by atoms with Gasteiger partial charge in [0.05, 0.1) is 10.00 Å². The van der Waals surface area contributed by atoms with Crippen LogP contribution in [-0.2, 0) is 14.3 Å². The van der Waals surface area contributed by atoms with Crippen LogP contribution in [0.15, 0.2) is 0 Å². The van der Waals surface area contributed by atoms with Gasteiger partial charge in [0.15, 0.2) is 6.61 Å². The SMILES string of the molecule is CC(C)NC(=O)COC(=O)C1C[C@H]2CCC[C@@H](C1)C21SCCS1. The van der Waals surface area contributed by atoms with E-state index < -0.39 is 0 Å². The molecule has 1 saturated heterocycles. The van der Waals surface area contributed by atoms with E-state index in [0.29, 0.717) is 15.9 Å². The first-order valence-corrected chi connectivity index (χ1v) is 10.7. The first-order chi connectivity index (χ1) is 11.0. The number of hydrogen-bond acceptors (Lipinski definition) is 5. The minimum Gasteiger partial charge on any atom is -0.455 e. The van der Waals surface area contributed by atoms with Gasteiger partial charge >= 0.3 is 5.97 Å². The number of nitrogens with one attached hydrogen (secondary N) is 1. The second-order valence-corrected chi connectivity index (χ2v) is 10.2. The normalized spacial score (nSPS) is 32.0. The molecule has 2 saturated carbocycles. The van der Waals surface area contributed by atoms with Crippen molar-refractivity contribution in [2.24, 2.45) is 17.8 Å². The highest BCUT2D eigenvalue weighted by Crippen LogP contribution is 2.64. The van der Waals surface area contributed by atoms with Crippen LogP contribution in [0.3, 0.4) is 0 Å². The standard InChI is InChI=1S/C17H27NO3S2/c1-11(2)18-15(19)10-21-16(20)12-8-13-4-3-5-14(9-12)17(13)22-6-7-23-17/h11-14H,3-10H2,1-2H3,(H,18,19)/t12?,13-,14+. The van der Waals surface area contributed by atoms with Crippen molar-refractivity contribution >= 4 is 35.4 Å². The average Bonchev–Trinajstić information content (AvgIpc) is 2.93. The Labute approximate surface area is 147 Å². The van der Waals surface area contributed by atoms with Crippen LogP contribution in [0.5, 0.6) is 0 Å². The fourth-order valence-electron chi connectivity index (χ4n) is 4.42. The number of esters is 1. The average molecular weight is 358 g/mol. The van der Waals surface area contributed by atoms with Crippen LogP contribution < -0.4 is 5.32 Å². The van der Waals surface area contributed by atoms with E-state index >= 15 is 0 Å². The summed E-state index contributed by atoms with van der Waals surface area (Å²) in [6.07, 6.45) is 5.68. The number of thioether (sulfide) groups is 2. The van der Waals surface area contributed by atoms with Crippen molar-refractivity contribution in [2.75, 3.05) is 18.1 Å². The highest BCUT2D eigenvalue weighted by Gasteiger charge is 2.55. The van der Waals surface area contributed by atoms with Crippen LogP contribution in [0, 0.1) is 17.8 Å². The van der Waals surface area contributed by atoms with E-state index in [4.69, 9.17) is 4.74 Å². The molecule has 1 amide bonds. The molecule has 1 heterocycles. The quantitative estimate of drug-likeness (QED) is 0.784. The van der Waals surface area contributed by atoms with Gasteiger partial charge in [0.2, 0.25) is 0 Å². The first-order valence-electron chi connectivity index (χ1n) is 8.75. The lowest BCUT2D eigenvalue weighted by Gasteiger charge is -2.51. The molecule has 3 rings (SSSR count). The van der Waals surface area contributed by atoms with Gasteiger partial charge in [-0.25, -0.2) is 0 Å². The molecule has 3 atom stereocenters. The maximum absolute atomic E-state index is 12.4. The summed E-state index contributed by atoms with van der Waals surface area (Å²) in [6, 6.07) is 0.0755. The molecular formula is C17H27NO3S2. The van der Waals surface area contributed by atoms with Crippen molar-refractivity contribution in [1.29, 1.82) is 0 Å². The number of rotatable bonds is 4. The Morgan fingerprint density at radius 1 is 1.17 bits per heavy atom. The molecule has 0 aromatic rings. The third-order valence-electron chi connectivity index (χ3n) is 5.25. The first kappa shape index (κ1) is 17.5. The van der Waals surface area contributed by atoms with E-state index in [-0.39, 0.29) is 30.4 Å². The van der Waals surface area contributed by atoms with Gasteiger partial charge in [0.25, 0.3) is 5.91 Å². The lowest BCUT2D eigenvalue weighted by atomic mass is 9.67. The summed E-state index contributed by atoms with van der Waals surface area (Å²) in [5.74, 6) is 3.39. The van der Waals surface area contributed by atoms with E-state index in [1.54, 1.807) is 0 Å². The Hall–Kier alpha value is -0.360. The fourth-order valence-corrected chi connectivity index (χ4v) is 8.36. The Morgan fingerprint density at radius 3 is 2.35 bits per heavy atom. The number of ether oxygens (including phenoxy) is 1. The van der Waals surface area contributed by atoms with Gasteiger partial charge in [-0.1, -0.05) is 6.42 Å². The zero-order valence-electron chi connectivity index (χ0n) is 14.0. The summed E-state index contributed by atoms with van der Waals surface area (Å²) < 4.78 is 5.67. The highest BCUT2D eigenvalue weighted by molar-refractivity contribution is 8.21. The molecule has 0 radical (unpaired) electrons. The molecule has 2 bridgehead atoms. The number of amides is 1. The predicted octanol–water partition coefficient (Wildman–Crippen LogP) is 3.06. The number of hydrogen-bond donors (Lipinski definition) is 1. The highest BCUT2D eigenvalue weighted by atomic mass is 32.2. The van der Waals surface area contributed by atoms with E-state index in [9.17, 15) is 9.59 Å². The molecule has 3 fully saturated rings. The zero-order valence-corrected chi connectivity index (χ0v) is 15.6. The topological polar surface area (TPSA) is 55.4 Å². The van der Waals surface area contributed by atoms with Crippen molar-refractivity contribution in [1.82, 2.24) is 5.32 Å². The molecular weight excluding hydrogens is 330 g/mol. The zero-order chi connectivity index (χ0) is 16.4. The summed E-state index contributed by atoms with van der Waals surface area (Å²) in [6.45, 7) is 3.66. The monoisotopic (exact) mass is 357 g/mol. The van der Waals surface area contributed by atoms with Gasteiger partial charge in [-0.3, -0.25) is 9.59 Å². The molecule has 1 N–H and O–H groups in total. The second kappa shape index (κ2) is 7.26. The Kier molecular flexibility index (Phi) is 5.51. The second-order valence-electron chi connectivity index (χ2n) is 7.24. The molecule has 6 heteroatoms. The predicted molar refractivity (Wildman–Crippen MR) is 95.4 cm³/mol. The van der Waals surface area contributed by atoms with Gasteiger partial charge in [-0.05, 0) is 51.4 Å². The molecule has 3 aliphatic rings. The summed E-state index contributed by atoms with van der Waals surface area (Å²) in [4.78, 5) is 24.1. The summed E-state index contributed by atoms with van der Waals surface area (Å²) in [7, 11) is 0. The third kappa shape index (κ3) is 3.68. The van der Waals surface area contributed by atoms with E-state index in [0.717, 1.165) is 12.8 Å². The lowest BCUT2D eigenvalue weighted by molar-refractivity contribution is -0.155. The molecule has 4 nitrogen and oxygen atoms in total. The van der Waals surface area contributed by atoms with E-state index in [1.807, 2.05) is 13.8 Å². The molecule has 1 unspecified atom stereocenters. The van der Waals surface area contributed by atoms with Gasteiger partial charge in [0.1, 0.15) is 0 Å². The Morgan fingerprint density at radius 2 is 1.78 bits per heavy atom. The van der Waals surface area contributed by atoms with Crippen molar-refractivity contribution in [3.05, 3.63) is 0 Å². The molecule has 1 aliphatic heterocycles. The fraction of sp³-hybridized carbons (Fsp3) is 0.882. The minimum absolute atomic E-state index is 0.00965. The van der Waals surface area contributed by atoms with Crippen LogP contribution in [-0.4, -0.2) is 40.1 Å². The van der Waals surface area contributed by atoms with Crippen LogP contribution in [0.4, 0.5) is 0 Å². The molecule has 23 heavy (non-hydrogen) atoms. The summed E-state index contributed by atoms with van der Waals surface area (Å²) >= 11 is 4.29. The molecule has 2 aliphatic carbocycles. The van der Waals surface area contributed by atoms with Gasteiger partial charge in [-0.2, -0.15) is 0 Å². The van der Waals surface area contributed by atoms with Crippen LogP contribution in [0.25, 0.3) is 0 Å². The molecule has 1 spiro atoms. The number of carbonyl (C=O) groups excluding carboxylic acids is 2. The van der Waals surface area contributed by atoms with E-state index in [1.165, 1.54) is 30.8 Å². The van der Waals surface area contributed by atoms with Crippen molar-refractivity contribution < 1.29 is 14.3 Å². The minimum atomic E-state index is -0.206. The van der Waals surface area contributed by atoms with Gasteiger partial charge in [0, 0.05) is 17.5 Å². The summed E-state index contributed by atoms with van der Waals surface area (Å²) in [5, 5.41) is 2.76. The van der Waals surface area contributed by atoms with Gasteiger partial charge in [-0.15, -0.1) is 23.5 Å². The Bertz CT molecular complexity index is 447. The van der Waals surface area contributed by atoms with Crippen LogP contribution >= 0.6 is 23.5 Å². The maximum Gasteiger partial charge on any atom is 0.309 e. The van der Waals surface area contributed by atoms with Crippen molar-refractivity contribution in [2.45, 2.75) is 56.1 Å². The molecule has 130 valence electrons. The van der Waals surface area contributed by atoms with E-state index in [2.05, 4.69) is 28.8 Å². The van der Waals surface area contributed by atoms with Crippen molar-refractivity contribution in [3.63, 3.8) is 0 Å². The Balaban J connectivity index is 1.56. The smallest absolute Gasteiger partial charge is 0.309 e. The lowest BCUT2D eigenvalue weighted by Crippen LogP contribution is -2.48. The van der Waals surface area contributed by atoms with Crippen LogP contribution in [0.1, 0.15) is 46.0 Å². The summed E-state index contributed by atoms with van der Waals surface area (Å²) in [5.41, 5.74) is 0. The molecule has 0 aromatic heterocycles. The largest absolute Gasteiger partial charge is 0.455 e.